The molecule has 1 N–H and O–H groups in total. The van der Waals surface area contributed by atoms with Gasteiger partial charge in [-0.15, -0.1) is 0 Å². The van der Waals surface area contributed by atoms with Crippen molar-refractivity contribution in [2.45, 2.75) is 12.8 Å². The number of hydrogen-bond donors (Lipinski definition) is 1. The van der Waals surface area contributed by atoms with Crippen LogP contribution in [0.2, 0.25) is 0 Å². The Hall–Kier alpha value is -0.370. The number of halogens is 4. The lowest BCUT2D eigenvalue weighted by atomic mass is 10.1. The molecule has 0 fully saturated rings. The van der Waals surface area contributed by atoms with Crippen LogP contribution in [-0.4, -0.2) is 10.1 Å². The lowest BCUT2D eigenvalue weighted by Gasteiger charge is -2.10. The molecule has 1 rings (SSSR count). The molecule has 0 saturated carbocycles. The van der Waals surface area contributed by atoms with Crippen molar-refractivity contribution in [2.75, 3.05) is 0 Å². The van der Waals surface area contributed by atoms with Crippen LogP contribution in [-0.2, 0) is 12.8 Å². The van der Waals surface area contributed by atoms with Gasteiger partial charge in [-0.25, -0.2) is 4.98 Å². The van der Waals surface area contributed by atoms with Crippen LogP contribution < -0.4 is 0 Å². The molecule has 1 heterocycles. The summed E-state index contributed by atoms with van der Waals surface area (Å²) in [7, 11) is 0. The van der Waals surface area contributed by atoms with Crippen LogP contribution in [0.1, 0.15) is 11.1 Å². The summed E-state index contributed by atoms with van der Waals surface area (Å²) in [6.45, 7) is -0.654. The predicted octanol–water partition coefficient (Wildman–Crippen LogP) is 2.20. The lowest BCUT2D eigenvalue weighted by molar-refractivity contribution is -0.138. The Morgan fingerprint density at radius 3 is 2.54 bits per heavy atom. The van der Waals surface area contributed by atoms with Gasteiger partial charge in [0.25, 0.3) is 0 Å². The molecule has 0 spiro atoms. The molecule has 0 saturated heterocycles. The van der Waals surface area contributed by atoms with Gasteiger partial charge in [0, 0.05) is 11.8 Å². The first-order valence-corrected chi connectivity index (χ1v) is 4.35. The fourth-order valence-electron chi connectivity index (χ4n) is 0.848. The summed E-state index contributed by atoms with van der Waals surface area (Å²) in [5.41, 5.74) is -1.03. The Labute approximate surface area is 85.9 Å². The van der Waals surface area contributed by atoms with Crippen molar-refractivity contribution in [1.29, 1.82) is 0 Å². The summed E-state index contributed by atoms with van der Waals surface area (Å²) in [6, 6.07) is 0.909. The van der Waals surface area contributed by atoms with E-state index < -0.39 is 18.3 Å². The molecule has 6 heteroatoms. The number of nitrogens with zero attached hydrogens (tertiary/aromatic N) is 1. The molecule has 0 aromatic carbocycles. The van der Waals surface area contributed by atoms with Gasteiger partial charge < -0.3 is 5.11 Å². The average Bonchev–Trinajstić information content (AvgIpc) is 2.03. The fourth-order valence-corrected chi connectivity index (χ4v) is 1.30. The van der Waals surface area contributed by atoms with Gasteiger partial charge in [0.1, 0.15) is 3.70 Å². The predicted molar refractivity (Wildman–Crippen MR) is 47.9 cm³/mol. The smallest absolute Gasteiger partial charge is 0.392 e. The number of alkyl halides is 3. The highest BCUT2D eigenvalue weighted by molar-refractivity contribution is 14.1. The Morgan fingerprint density at radius 2 is 2.08 bits per heavy atom. The molecule has 1 aromatic rings. The molecule has 72 valence electrons. The second-order valence-electron chi connectivity index (χ2n) is 2.32. The summed E-state index contributed by atoms with van der Waals surface area (Å²) in [6.07, 6.45) is -3.40. The van der Waals surface area contributed by atoms with E-state index in [-0.39, 0.29) is 9.26 Å². The summed E-state index contributed by atoms with van der Waals surface area (Å²) >= 11 is 1.69. The van der Waals surface area contributed by atoms with Crippen molar-refractivity contribution in [2.24, 2.45) is 0 Å². The maximum atomic E-state index is 12.3. The van der Waals surface area contributed by atoms with E-state index >= 15 is 0 Å². The number of pyridine rings is 1. The number of aliphatic hydroxyl groups is 1. The van der Waals surface area contributed by atoms with Crippen molar-refractivity contribution < 1.29 is 18.3 Å². The molecule has 13 heavy (non-hydrogen) atoms. The van der Waals surface area contributed by atoms with E-state index in [9.17, 15) is 13.2 Å². The van der Waals surface area contributed by atoms with Crippen molar-refractivity contribution >= 4 is 22.6 Å². The second kappa shape index (κ2) is 3.79. The zero-order valence-corrected chi connectivity index (χ0v) is 8.43. The number of rotatable bonds is 1. The standard InChI is InChI=1S/C7H5F3INO/c8-7(9,10)5-1-6(11)12-2-4(5)3-13/h1-2,13H,3H2. The molecule has 0 aliphatic heterocycles. The average molecular weight is 303 g/mol. The van der Waals surface area contributed by atoms with Crippen LogP contribution in [0.25, 0.3) is 0 Å². The van der Waals surface area contributed by atoms with Crippen molar-refractivity contribution in [3.8, 4) is 0 Å². The number of aliphatic hydroxyl groups excluding tert-OH is 1. The largest absolute Gasteiger partial charge is 0.416 e. The fraction of sp³-hybridized carbons (Fsp3) is 0.286. The highest BCUT2D eigenvalue weighted by atomic mass is 127. The molecular weight excluding hydrogens is 298 g/mol. The highest BCUT2D eigenvalue weighted by Gasteiger charge is 2.33. The molecule has 1 aromatic heterocycles. The van der Waals surface area contributed by atoms with E-state index in [2.05, 4.69) is 4.98 Å². The van der Waals surface area contributed by atoms with Crippen LogP contribution in [0.4, 0.5) is 13.2 Å². The molecule has 0 unspecified atom stereocenters. The molecule has 0 atom stereocenters. The van der Waals surface area contributed by atoms with Crippen molar-refractivity contribution in [3.63, 3.8) is 0 Å². The molecular formula is C7H5F3INO. The van der Waals surface area contributed by atoms with Gasteiger partial charge in [0.2, 0.25) is 0 Å². The molecule has 0 amide bonds. The molecule has 2 nitrogen and oxygen atoms in total. The molecule has 0 bridgehead atoms. The summed E-state index contributed by atoms with van der Waals surface area (Å²) in [5, 5.41) is 8.63. The Morgan fingerprint density at radius 1 is 1.46 bits per heavy atom. The van der Waals surface area contributed by atoms with Crippen molar-refractivity contribution in [1.82, 2.24) is 4.98 Å². The maximum absolute atomic E-state index is 12.3. The van der Waals surface area contributed by atoms with Crippen LogP contribution in [0.3, 0.4) is 0 Å². The van der Waals surface area contributed by atoms with E-state index in [0.717, 1.165) is 12.3 Å². The number of hydrogen-bond acceptors (Lipinski definition) is 2. The van der Waals surface area contributed by atoms with Gasteiger partial charge in [-0.1, -0.05) is 0 Å². The molecule has 0 radical (unpaired) electrons. The second-order valence-corrected chi connectivity index (χ2v) is 3.43. The lowest BCUT2D eigenvalue weighted by Crippen LogP contribution is -2.10. The minimum atomic E-state index is -4.43. The van der Waals surface area contributed by atoms with E-state index in [1.807, 2.05) is 0 Å². The molecule has 0 aliphatic carbocycles. The third-order valence-electron chi connectivity index (χ3n) is 1.43. The van der Waals surface area contributed by atoms with Crippen LogP contribution in [0.15, 0.2) is 12.3 Å². The van der Waals surface area contributed by atoms with E-state index in [0.29, 0.717) is 0 Å². The minimum Gasteiger partial charge on any atom is -0.392 e. The zero-order chi connectivity index (χ0) is 10.1. The van der Waals surface area contributed by atoms with E-state index in [1.165, 1.54) is 0 Å². The third kappa shape index (κ3) is 2.53. The van der Waals surface area contributed by atoms with Gasteiger partial charge in [0.15, 0.2) is 0 Å². The maximum Gasteiger partial charge on any atom is 0.416 e. The van der Waals surface area contributed by atoms with Gasteiger partial charge in [-0.3, -0.25) is 0 Å². The summed E-state index contributed by atoms with van der Waals surface area (Å²) in [5.74, 6) is 0. The zero-order valence-electron chi connectivity index (χ0n) is 6.27. The molecule has 0 aliphatic rings. The SMILES string of the molecule is OCc1cnc(I)cc1C(F)(F)F. The summed E-state index contributed by atoms with van der Waals surface area (Å²) < 4.78 is 37.1. The number of aromatic nitrogens is 1. The monoisotopic (exact) mass is 303 g/mol. The van der Waals surface area contributed by atoms with Gasteiger partial charge >= 0.3 is 6.18 Å². The van der Waals surface area contributed by atoms with Crippen LogP contribution in [0.5, 0.6) is 0 Å². The normalized spacial score (nSPS) is 11.8. The Kier molecular flexibility index (Phi) is 3.12. The minimum absolute atomic E-state index is 0.201. The third-order valence-corrected chi connectivity index (χ3v) is 2.02. The summed E-state index contributed by atoms with van der Waals surface area (Å²) in [4.78, 5) is 3.65. The van der Waals surface area contributed by atoms with Gasteiger partial charge in [-0.2, -0.15) is 13.2 Å². The van der Waals surface area contributed by atoms with Crippen LogP contribution in [0, 0.1) is 3.70 Å². The van der Waals surface area contributed by atoms with E-state index in [1.54, 1.807) is 22.6 Å². The first-order valence-electron chi connectivity index (χ1n) is 3.27. The van der Waals surface area contributed by atoms with Crippen molar-refractivity contribution in [3.05, 3.63) is 27.1 Å². The van der Waals surface area contributed by atoms with Gasteiger partial charge in [-0.05, 0) is 28.7 Å². The quantitative estimate of drug-likeness (QED) is 0.637. The first-order chi connectivity index (χ1) is 5.95. The first kappa shape index (κ1) is 10.7. The Bertz CT molecular complexity index is 313. The Balaban J connectivity index is 3.24. The van der Waals surface area contributed by atoms with E-state index in [4.69, 9.17) is 5.11 Å². The van der Waals surface area contributed by atoms with Crippen LogP contribution >= 0.6 is 22.6 Å². The topological polar surface area (TPSA) is 33.1 Å². The van der Waals surface area contributed by atoms with Gasteiger partial charge in [0.05, 0.1) is 12.2 Å². The highest BCUT2D eigenvalue weighted by Crippen LogP contribution is 2.32.